The van der Waals surface area contributed by atoms with Crippen molar-refractivity contribution >= 4 is 34.2 Å². The van der Waals surface area contributed by atoms with Crippen molar-refractivity contribution in [2.24, 2.45) is 11.8 Å². The normalized spacial score (nSPS) is 30.8. The lowest BCUT2D eigenvalue weighted by molar-refractivity contribution is 0.110. The Morgan fingerprint density at radius 2 is 1.88 bits per heavy atom. The number of piperidine rings is 2. The van der Waals surface area contributed by atoms with E-state index in [-0.39, 0.29) is 16.9 Å². The van der Waals surface area contributed by atoms with Gasteiger partial charge in [0.05, 0.1) is 33.4 Å². The number of fused-ring (bicyclic) bond motifs is 3. The molecule has 0 radical (unpaired) electrons. The molecule has 2 bridgehead atoms. The van der Waals surface area contributed by atoms with Crippen LogP contribution in [0, 0.1) is 11.8 Å². The van der Waals surface area contributed by atoms with E-state index in [9.17, 15) is 9.32 Å². The van der Waals surface area contributed by atoms with E-state index in [0.29, 0.717) is 30.0 Å². The summed E-state index contributed by atoms with van der Waals surface area (Å²) in [6.07, 6.45) is 4.82. The molecule has 4 fully saturated rings. The molecule has 0 spiro atoms. The van der Waals surface area contributed by atoms with Crippen molar-refractivity contribution < 1.29 is 9.32 Å². The van der Waals surface area contributed by atoms with Gasteiger partial charge in [-0.3, -0.25) is 4.21 Å². The molecule has 0 amide bonds. The van der Waals surface area contributed by atoms with Gasteiger partial charge in [0.2, 0.25) is 5.95 Å². The Kier molecular flexibility index (Phi) is 5.06. The molecule has 2 aromatic rings. The maximum absolute atomic E-state index is 13.3. The lowest BCUT2D eigenvalue weighted by Crippen LogP contribution is -2.54. The third-order valence-electron chi connectivity index (χ3n) is 8.27. The summed E-state index contributed by atoms with van der Waals surface area (Å²) in [6, 6.07) is 8.31. The van der Waals surface area contributed by atoms with Gasteiger partial charge < -0.3 is 15.3 Å². The van der Waals surface area contributed by atoms with Gasteiger partial charge in [0.15, 0.2) is 0 Å². The average molecular weight is 487 g/mol. The monoisotopic (exact) mass is 486 g/mol. The van der Waals surface area contributed by atoms with E-state index in [1.54, 1.807) is 0 Å². The molecule has 3 aliphatic heterocycles. The van der Waals surface area contributed by atoms with E-state index in [4.69, 9.17) is 21.6 Å². The van der Waals surface area contributed by atoms with Crippen LogP contribution in [0.2, 0.25) is 5.02 Å². The van der Waals surface area contributed by atoms with Gasteiger partial charge in [0.25, 0.3) is 0 Å². The van der Waals surface area contributed by atoms with Crippen molar-refractivity contribution in [2.75, 3.05) is 29.9 Å². The van der Waals surface area contributed by atoms with E-state index < -0.39 is 10.8 Å². The number of benzene rings is 1. The summed E-state index contributed by atoms with van der Waals surface area (Å²) in [7, 11) is -1.18. The Morgan fingerprint density at radius 3 is 2.48 bits per heavy atom. The number of aliphatic hydroxyl groups is 1. The highest BCUT2D eigenvalue weighted by Gasteiger charge is 2.49. The summed E-state index contributed by atoms with van der Waals surface area (Å²) in [6.45, 7) is 5.99. The zero-order valence-corrected chi connectivity index (χ0v) is 20.8. The van der Waals surface area contributed by atoms with Crippen molar-refractivity contribution in [3.63, 3.8) is 0 Å². The number of anilines is 2. The smallest absolute Gasteiger partial charge is 0.227 e. The van der Waals surface area contributed by atoms with E-state index in [0.717, 1.165) is 53.9 Å². The number of nitrogens with one attached hydrogen (secondary N) is 1. The third kappa shape index (κ3) is 3.50. The molecule has 176 valence electrons. The van der Waals surface area contributed by atoms with Crippen molar-refractivity contribution in [3.05, 3.63) is 40.5 Å². The lowest BCUT2D eigenvalue weighted by atomic mass is 9.59. The van der Waals surface area contributed by atoms with Crippen LogP contribution in [0.3, 0.4) is 0 Å². The first-order valence-corrected chi connectivity index (χ1v) is 13.5. The van der Waals surface area contributed by atoms with Crippen molar-refractivity contribution in [1.82, 2.24) is 9.97 Å². The number of halogens is 1. The summed E-state index contributed by atoms with van der Waals surface area (Å²) in [5, 5.41) is 14.3. The summed E-state index contributed by atoms with van der Waals surface area (Å²) < 4.78 is 12.9. The molecule has 6 nitrogen and oxygen atoms in total. The predicted molar refractivity (Wildman–Crippen MR) is 132 cm³/mol. The predicted octanol–water partition coefficient (Wildman–Crippen LogP) is 4.14. The summed E-state index contributed by atoms with van der Waals surface area (Å²) in [5.41, 5.74) is 1.93. The van der Waals surface area contributed by atoms with Gasteiger partial charge >= 0.3 is 0 Å². The minimum absolute atomic E-state index is 0.0633. The molecule has 2 saturated carbocycles. The molecule has 7 rings (SSSR count). The number of hydrogen-bond donors (Lipinski definition) is 2. The maximum Gasteiger partial charge on any atom is 0.227 e. The molecule has 33 heavy (non-hydrogen) atoms. The van der Waals surface area contributed by atoms with Crippen LogP contribution in [0.1, 0.15) is 56.7 Å². The fourth-order valence-corrected chi connectivity index (χ4v) is 7.78. The zero-order valence-electron chi connectivity index (χ0n) is 19.2. The molecule has 1 aromatic heterocycles. The van der Waals surface area contributed by atoms with Gasteiger partial charge in [-0.2, -0.15) is 4.98 Å². The van der Waals surface area contributed by atoms with Gasteiger partial charge in [-0.1, -0.05) is 23.7 Å². The molecule has 5 aliphatic rings. The number of rotatable bonds is 5. The highest BCUT2D eigenvalue weighted by molar-refractivity contribution is 7.87. The second-order valence-corrected chi connectivity index (χ2v) is 13.5. The first-order valence-electron chi connectivity index (χ1n) is 12.0. The van der Waals surface area contributed by atoms with Crippen LogP contribution in [-0.4, -0.2) is 49.3 Å². The maximum atomic E-state index is 13.3. The lowest BCUT2D eigenvalue weighted by Gasteiger charge is -2.54. The number of nitrogens with zero attached hydrogens (tertiary/aromatic N) is 3. The van der Waals surface area contributed by atoms with Gasteiger partial charge in [0, 0.05) is 24.5 Å². The standard InChI is InChI=1S/C25H31ClN4O2S/c1-24(2)11-19-21(33(24)32)22(29-25(14-31)8-3-9-25)28-23(27-19)30-12-16-10-17(13-30)20(16)15-4-6-18(26)7-5-15/h4-7,16-17,20,31H,3,8-14H2,1-2H3,(H,27,28,29). The van der Waals surface area contributed by atoms with Crippen molar-refractivity contribution in [2.45, 2.75) is 67.1 Å². The second kappa shape index (κ2) is 7.65. The molecule has 2 aliphatic carbocycles. The summed E-state index contributed by atoms with van der Waals surface area (Å²) in [4.78, 5) is 13.0. The number of aromatic nitrogens is 2. The average Bonchev–Trinajstić information content (AvgIpc) is 3.00. The summed E-state index contributed by atoms with van der Waals surface area (Å²) >= 11 is 6.10. The highest BCUT2D eigenvalue weighted by Crippen LogP contribution is 2.52. The summed E-state index contributed by atoms with van der Waals surface area (Å²) in [5.74, 6) is 3.15. The van der Waals surface area contributed by atoms with Gasteiger partial charge in [-0.15, -0.1) is 0 Å². The first-order chi connectivity index (χ1) is 15.8. The number of hydrogen-bond acceptors (Lipinski definition) is 6. The molecule has 2 N–H and O–H groups in total. The first kappa shape index (κ1) is 21.8. The van der Waals surface area contributed by atoms with Crippen LogP contribution < -0.4 is 10.2 Å². The Bertz CT molecular complexity index is 1100. The Balaban J connectivity index is 1.30. The largest absolute Gasteiger partial charge is 0.394 e. The van der Waals surface area contributed by atoms with Crippen molar-refractivity contribution in [1.29, 1.82) is 0 Å². The molecule has 4 heterocycles. The third-order valence-corrected chi connectivity index (χ3v) is 10.5. The van der Waals surface area contributed by atoms with Gasteiger partial charge in [-0.05, 0) is 75.0 Å². The molecule has 1 aromatic carbocycles. The Hall–Kier alpha value is -1.70. The molecular formula is C25H31ClN4O2S. The Labute approximate surface area is 202 Å². The van der Waals surface area contributed by atoms with E-state index >= 15 is 0 Å². The van der Waals surface area contributed by atoms with E-state index in [1.807, 2.05) is 26.0 Å². The highest BCUT2D eigenvalue weighted by atomic mass is 35.5. The van der Waals surface area contributed by atoms with E-state index in [1.165, 1.54) is 12.0 Å². The SMILES string of the molecule is CC1(C)Cc2nc(N3CC4CC(C3)C4c3ccc(Cl)cc3)nc(NC3(CO)CCC3)c2S1=O. The van der Waals surface area contributed by atoms with E-state index in [2.05, 4.69) is 22.3 Å². The van der Waals surface area contributed by atoms with Crippen LogP contribution in [0.25, 0.3) is 0 Å². The molecule has 3 atom stereocenters. The van der Waals surface area contributed by atoms with Gasteiger partial charge in [-0.25, -0.2) is 4.98 Å². The second-order valence-electron chi connectivity index (χ2n) is 11.0. The number of aliphatic hydroxyl groups excluding tert-OH is 1. The zero-order chi connectivity index (χ0) is 23.0. The van der Waals surface area contributed by atoms with Crippen LogP contribution >= 0.6 is 11.6 Å². The van der Waals surface area contributed by atoms with Gasteiger partial charge in [0.1, 0.15) is 10.7 Å². The minimum Gasteiger partial charge on any atom is -0.394 e. The Morgan fingerprint density at radius 1 is 1.18 bits per heavy atom. The van der Waals surface area contributed by atoms with Crippen LogP contribution in [-0.2, 0) is 17.2 Å². The van der Waals surface area contributed by atoms with Crippen LogP contribution in [0.5, 0.6) is 0 Å². The van der Waals surface area contributed by atoms with Crippen molar-refractivity contribution in [3.8, 4) is 0 Å². The quantitative estimate of drug-likeness (QED) is 0.661. The molecule has 2 saturated heterocycles. The molecule has 8 heteroatoms. The van der Waals surface area contributed by atoms with Crippen LogP contribution in [0.4, 0.5) is 11.8 Å². The topological polar surface area (TPSA) is 78.3 Å². The molecule has 3 unspecified atom stereocenters. The molecular weight excluding hydrogens is 456 g/mol. The fourth-order valence-electron chi connectivity index (χ4n) is 6.23. The fraction of sp³-hybridized carbons (Fsp3) is 0.600. The van der Waals surface area contributed by atoms with Crippen LogP contribution in [0.15, 0.2) is 29.2 Å². The minimum atomic E-state index is -1.18.